The van der Waals surface area contributed by atoms with Crippen LogP contribution in [0.25, 0.3) is 11.4 Å². The van der Waals surface area contributed by atoms with Gasteiger partial charge in [0.15, 0.2) is 0 Å². The molecule has 1 aromatic heterocycles. The first kappa shape index (κ1) is 34.6. The van der Waals surface area contributed by atoms with Crippen molar-refractivity contribution in [3.8, 4) is 22.9 Å². The number of ether oxygens (including phenoxy) is 2. The number of carboxylic acid groups (broad SMARTS) is 1. The lowest BCUT2D eigenvalue weighted by atomic mass is 10.0. The normalized spacial score (nSPS) is 26.3. The van der Waals surface area contributed by atoms with Gasteiger partial charge < -0.3 is 30.1 Å². The second-order valence-electron chi connectivity index (χ2n) is 14.1. The Morgan fingerprint density at radius 2 is 1.76 bits per heavy atom. The second kappa shape index (κ2) is 14.3. The molecule has 3 heterocycles. The van der Waals surface area contributed by atoms with Crippen LogP contribution in [0.5, 0.6) is 11.5 Å². The van der Waals surface area contributed by atoms with E-state index in [2.05, 4.69) is 26.0 Å². The van der Waals surface area contributed by atoms with Crippen LogP contribution in [0.1, 0.15) is 71.8 Å². The third kappa shape index (κ3) is 7.95. The van der Waals surface area contributed by atoms with E-state index in [1.54, 1.807) is 32.9 Å². The summed E-state index contributed by atoms with van der Waals surface area (Å²) in [6, 6.07) is 14.1. The van der Waals surface area contributed by atoms with Crippen molar-refractivity contribution in [3.05, 3.63) is 66.7 Å². The molecule has 14 heteroatoms. The van der Waals surface area contributed by atoms with E-state index in [1.165, 1.54) is 9.70 Å². The SMILES string of the molecule is CC(C)(C)OC(=O)N[C@@H]1CCCCC/C=C\[C@H]2C[C@]2(C(=O)O)NC(=O)[C@@H]2C[C@H](n3nnc(-c4ccc(Oc5ccccc5)cc4)n3)CN2C1=O. The minimum atomic E-state index is -1.44. The quantitative estimate of drug-likeness (QED) is 0.310. The van der Waals surface area contributed by atoms with Crippen LogP contribution in [0, 0.1) is 5.92 Å². The van der Waals surface area contributed by atoms with E-state index in [4.69, 9.17) is 9.47 Å². The number of aromatic nitrogens is 4. The van der Waals surface area contributed by atoms with Crippen LogP contribution in [-0.2, 0) is 19.1 Å². The number of amides is 3. The predicted octanol–water partition coefficient (Wildman–Crippen LogP) is 4.65. The summed E-state index contributed by atoms with van der Waals surface area (Å²) in [4.78, 5) is 56.2. The molecule has 5 atom stereocenters. The van der Waals surface area contributed by atoms with Crippen LogP contribution < -0.4 is 15.4 Å². The van der Waals surface area contributed by atoms with E-state index in [9.17, 15) is 24.3 Å². The maximum atomic E-state index is 14.3. The average Bonchev–Trinajstić information content (AvgIpc) is 3.37. The van der Waals surface area contributed by atoms with Crippen LogP contribution in [0.4, 0.5) is 4.79 Å². The number of fused-ring (bicyclic) bond motifs is 2. The molecule has 2 fully saturated rings. The van der Waals surface area contributed by atoms with Crippen LogP contribution >= 0.6 is 0 Å². The highest BCUT2D eigenvalue weighted by atomic mass is 16.6. The van der Waals surface area contributed by atoms with Crippen LogP contribution in [-0.4, -0.2) is 83.9 Å². The average molecular weight is 686 g/mol. The zero-order chi connectivity index (χ0) is 35.5. The van der Waals surface area contributed by atoms with Crippen molar-refractivity contribution in [1.82, 2.24) is 35.7 Å². The number of benzene rings is 2. The Bertz CT molecular complexity index is 1740. The van der Waals surface area contributed by atoms with Gasteiger partial charge in [0.2, 0.25) is 17.6 Å². The van der Waals surface area contributed by atoms with Gasteiger partial charge in [-0.2, -0.15) is 4.80 Å². The fourth-order valence-corrected chi connectivity index (χ4v) is 6.49. The van der Waals surface area contributed by atoms with Gasteiger partial charge in [-0.25, -0.2) is 9.59 Å². The Hall–Kier alpha value is -5.27. The highest BCUT2D eigenvalue weighted by Crippen LogP contribution is 2.45. The van der Waals surface area contributed by atoms with Gasteiger partial charge in [-0.15, -0.1) is 10.2 Å². The minimum Gasteiger partial charge on any atom is -0.479 e. The number of para-hydroxylation sites is 1. The second-order valence-corrected chi connectivity index (χ2v) is 14.1. The van der Waals surface area contributed by atoms with E-state index in [-0.39, 0.29) is 25.3 Å². The fourth-order valence-electron chi connectivity index (χ4n) is 6.49. The first-order valence-electron chi connectivity index (χ1n) is 17.1. The highest BCUT2D eigenvalue weighted by Gasteiger charge is 2.61. The first-order valence-corrected chi connectivity index (χ1v) is 17.1. The molecule has 264 valence electrons. The summed E-state index contributed by atoms with van der Waals surface area (Å²) in [5.74, 6) is -0.821. The van der Waals surface area contributed by atoms with E-state index in [0.29, 0.717) is 35.7 Å². The molecule has 50 heavy (non-hydrogen) atoms. The summed E-state index contributed by atoms with van der Waals surface area (Å²) in [5, 5.41) is 28.8. The van der Waals surface area contributed by atoms with Crippen molar-refractivity contribution in [2.45, 2.75) is 95.0 Å². The van der Waals surface area contributed by atoms with Gasteiger partial charge in [-0.05, 0) is 88.1 Å². The summed E-state index contributed by atoms with van der Waals surface area (Å²) in [6.07, 6.45) is 6.84. The number of allylic oxidation sites excluding steroid dienone is 1. The van der Waals surface area contributed by atoms with Crippen molar-refractivity contribution in [2.24, 2.45) is 5.92 Å². The van der Waals surface area contributed by atoms with Crippen molar-refractivity contribution in [2.75, 3.05) is 6.54 Å². The van der Waals surface area contributed by atoms with Crippen molar-refractivity contribution in [1.29, 1.82) is 0 Å². The molecule has 2 aromatic carbocycles. The summed E-state index contributed by atoms with van der Waals surface area (Å²) in [7, 11) is 0. The molecule has 3 N–H and O–H groups in total. The Morgan fingerprint density at radius 1 is 1.02 bits per heavy atom. The number of nitrogens with one attached hydrogen (secondary N) is 2. The van der Waals surface area contributed by atoms with Crippen LogP contribution in [0.15, 0.2) is 66.7 Å². The summed E-state index contributed by atoms with van der Waals surface area (Å²) in [6.45, 7) is 5.25. The summed E-state index contributed by atoms with van der Waals surface area (Å²) < 4.78 is 11.3. The Labute approximate surface area is 290 Å². The van der Waals surface area contributed by atoms with E-state index < -0.39 is 53.1 Å². The molecule has 1 saturated carbocycles. The molecule has 6 rings (SSSR count). The van der Waals surface area contributed by atoms with Gasteiger partial charge in [0.25, 0.3) is 0 Å². The first-order chi connectivity index (χ1) is 23.9. The van der Waals surface area contributed by atoms with E-state index in [1.807, 2.05) is 54.6 Å². The number of carbonyl (C=O) groups excluding carboxylic acids is 3. The maximum absolute atomic E-state index is 14.3. The molecule has 2 aliphatic heterocycles. The number of tetrazole rings is 1. The number of carboxylic acids is 1. The maximum Gasteiger partial charge on any atom is 0.408 e. The Kier molecular flexibility index (Phi) is 9.89. The van der Waals surface area contributed by atoms with Crippen molar-refractivity contribution in [3.63, 3.8) is 0 Å². The number of hydrogen-bond donors (Lipinski definition) is 3. The molecule has 0 radical (unpaired) electrons. The van der Waals surface area contributed by atoms with Crippen molar-refractivity contribution < 1.29 is 33.8 Å². The lowest BCUT2D eigenvalue weighted by Crippen LogP contribution is -2.56. The minimum absolute atomic E-state index is 0.0481. The van der Waals surface area contributed by atoms with Crippen LogP contribution in [0.2, 0.25) is 0 Å². The van der Waals surface area contributed by atoms with E-state index in [0.717, 1.165) is 19.3 Å². The summed E-state index contributed by atoms with van der Waals surface area (Å²) in [5.41, 5.74) is -1.53. The molecule has 1 aliphatic carbocycles. The number of aliphatic carboxylic acids is 1. The molecule has 1 saturated heterocycles. The molecule has 3 aliphatic rings. The monoisotopic (exact) mass is 685 g/mol. The number of hydrogen-bond acceptors (Lipinski definition) is 9. The smallest absolute Gasteiger partial charge is 0.408 e. The van der Waals surface area contributed by atoms with Gasteiger partial charge in [-0.3, -0.25) is 9.59 Å². The van der Waals surface area contributed by atoms with Gasteiger partial charge in [-0.1, -0.05) is 43.2 Å². The molecule has 0 spiro atoms. The Morgan fingerprint density at radius 3 is 2.48 bits per heavy atom. The topological polar surface area (TPSA) is 178 Å². The molecule has 3 aromatic rings. The van der Waals surface area contributed by atoms with Gasteiger partial charge in [0.1, 0.15) is 34.7 Å². The zero-order valence-corrected chi connectivity index (χ0v) is 28.4. The molecular formula is C36H43N7O7. The molecular weight excluding hydrogens is 642 g/mol. The standard InChI is InChI=1S/C36H43N7O7/c1-35(2,3)50-34(48)37-28-15-11-6-4-5-8-12-24-21-36(24,33(46)47)38-31(44)29-20-25(22-42(29)32(28)45)43-40-30(39-41-43)23-16-18-27(19-17-23)49-26-13-9-7-10-14-26/h7-10,12-14,16-19,24-25,28-29H,4-6,11,15,20-22H2,1-3H3,(H,37,48)(H,38,44)(H,46,47)/b12-8-/t24-,25-,28+,29-,36-/m0/s1. The van der Waals surface area contributed by atoms with Gasteiger partial charge in [0.05, 0.1) is 6.04 Å². The third-order valence-electron chi connectivity index (χ3n) is 9.17. The molecule has 3 amide bonds. The lowest BCUT2D eigenvalue weighted by Gasteiger charge is -2.30. The fraction of sp³-hybridized carbons (Fsp3) is 0.472. The molecule has 0 bridgehead atoms. The Balaban J connectivity index is 1.24. The molecule has 0 unspecified atom stereocenters. The number of alkyl carbamates (subject to hydrolysis) is 1. The zero-order valence-electron chi connectivity index (χ0n) is 28.4. The number of carbonyl (C=O) groups is 4. The van der Waals surface area contributed by atoms with Gasteiger partial charge in [0, 0.05) is 24.4 Å². The lowest BCUT2D eigenvalue weighted by molar-refractivity contribution is -0.145. The van der Waals surface area contributed by atoms with E-state index >= 15 is 0 Å². The molecule has 14 nitrogen and oxygen atoms in total. The van der Waals surface area contributed by atoms with Crippen molar-refractivity contribution >= 4 is 23.9 Å². The predicted molar refractivity (Wildman–Crippen MR) is 181 cm³/mol. The third-order valence-corrected chi connectivity index (χ3v) is 9.17. The highest BCUT2D eigenvalue weighted by molar-refractivity contribution is 5.96. The number of rotatable bonds is 6. The van der Waals surface area contributed by atoms with Gasteiger partial charge >= 0.3 is 12.1 Å². The summed E-state index contributed by atoms with van der Waals surface area (Å²) >= 11 is 0. The van der Waals surface area contributed by atoms with Crippen LogP contribution in [0.3, 0.4) is 0 Å². The number of nitrogens with zero attached hydrogens (tertiary/aromatic N) is 5. The largest absolute Gasteiger partial charge is 0.479 e.